The maximum absolute atomic E-state index is 11.6. The van der Waals surface area contributed by atoms with E-state index < -0.39 is 6.09 Å². The molecule has 18 heavy (non-hydrogen) atoms. The number of carbonyl (C=O) groups excluding carboxylic acids is 1. The molecule has 2 N–H and O–H groups in total. The van der Waals surface area contributed by atoms with Crippen molar-refractivity contribution in [2.45, 2.75) is 18.8 Å². The third kappa shape index (κ3) is 3.45. The van der Waals surface area contributed by atoms with Gasteiger partial charge in [-0.25, -0.2) is 4.79 Å². The molecule has 1 aliphatic rings. The monoisotopic (exact) mass is 250 g/mol. The van der Waals surface area contributed by atoms with Crippen LogP contribution in [0.15, 0.2) is 30.3 Å². The number of carbonyl (C=O) groups is 1. The zero-order valence-electron chi connectivity index (χ0n) is 10.4. The van der Waals surface area contributed by atoms with Crippen molar-refractivity contribution in [2.24, 2.45) is 0 Å². The van der Waals surface area contributed by atoms with Crippen LogP contribution < -0.4 is 10.6 Å². The van der Waals surface area contributed by atoms with E-state index in [0.717, 1.165) is 12.1 Å². The lowest BCUT2D eigenvalue weighted by Gasteiger charge is -2.18. The van der Waals surface area contributed by atoms with E-state index in [0.29, 0.717) is 6.54 Å². The lowest BCUT2D eigenvalue weighted by Crippen LogP contribution is -2.43. The first kappa shape index (κ1) is 12.9. The van der Waals surface area contributed by atoms with Crippen molar-refractivity contribution in [3.05, 3.63) is 35.9 Å². The van der Waals surface area contributed by atoms with E-state index >= 15 is 0 Å². The second-order valence-electron chi connectivity index (χ2n) is 4.24. The van der Waals surface area contributed by atoms with Gasteiger partial charge in [0.2, 0.25) is 0 Å². The molecule has 5 nitrogen and oxygen atoms in total. The van der Waals surface area contributed by atoms with Gasteiger partial charge in [-0.15, -0.1) is 0 Å². The first-order valence-electron chi connectivity index (χ1n) is 6.00. The van der Waals surface area contributed by atoms with Gasteiger partial charge in [-0.3, -0.25) is 0 Å². The Morgan fingerprint density at radius 1 is 1.39 bits per heavy atom. The van der Waals surface area contributed by atoms with E-state index in [9.17, 15) is 4.79 Å². The van der Waals surface area contributed by atoms with Gasteiger partial charge in [0.1, 0.15) is 6.61 Å². The van der Waals surface area contributed by atoms with Crippen LogP contribution in [0.3, 0.4) is 0 Å². The number of methoxy groups -OCH3 is 1. The summed E-state index contributed by atoms with van der Waals surface area (Å²) < 4.78 is 10.4. The maximum Gasteiger partial charge on any atom is 0.407 e. The molecule has 2 unspecified atom stereocenters. The zero-order valence-corrected chi connectivity index (χ0v) is 10.4. The molecule has 2 rings (SSSR count). The molecule has 2 atom stereocenters. The molecule has 0 aliphatic carbocycles. The predicted octanol–water partition coefficient (Wildman–Crippen LogP) is 0.900. The molecular weight excluding hydrogens is 232 g/mol. The standard InChI is InChI=1S/C13H18N2O3/c1-17-12-8-14-7-11(12)15-13(16)18-9-10-5-3-2-4-6-10/h2-6,11-12,14H,7-9H2,1H3,(H,15,16). The average Bonchev–Trinajstić information content (AvgIpc) is 2.85. The van der Waals surface area contributed by atoms with Crippen LogP contribution >= 0.6 is 0 Å². The van der Waals surface area contributed by atoms with Crippen molar-refractivity contribution in [1.29, 1.82) is 0 Å². The summed E-state index contributed by atoms with van der Waals surface area (Å²) in [6.45, 7) is 1.74. The first-order valence-corrected chi connectivity index (χ1v) is 6.00. The topological polar surface area (TPSA) is 59.6 Å². The minimum Gasteiger partial charge on any atom is -0.445 e. The Bertz CT molecular complexity index is 383. The highest BCUT2D eigenvalue weighted by molar-refractivity contribution is 5.67. The van der Waals surface area contributed by atoms with E-state index in [-0.39, 0.29) is 18.8 Å². The number of hydrogen-bond donors (Lipinski definition) is 2. The zero-order chi connectivity index (χ0) is 12.8. The van der Waals surface area contributed by atoms with Crippen molar-refractivity contribution in [1.82, 2.24) is 10.6 Å². The molecule has 1 amide bonds. The molecule has 1 heterocycles. The van der Waals surface area contributed by atoms with E-state index in [1.54, 1.807) is 7.11 Å². The lowest BCUT2D eigenvalue weighted by atomic mass is 10.2. The van der Waals surface area contributed by atoms with Gasteiger partial charge in [0, 0.05) is 20.2 Å². The van der Waals surface area contributed by atoms with Crippen LogP contribution in [0.4, 0.5) is 4.79 Å². The Labute approximate surface area is 106 Å². The van der Waals surface area contributed by atoms with Gasteiger partial charge >= 0.3 is 6.09 Å². The highest BCUT2D eigenvalue weighted by atomic mass is 16.5. The summed E-state index contributed by atoms with van der Waals surface area (Å²) in [5.41, 5.74) is 0.973. The number of rotatable bonds is 4. The molecular formula is C13H18N2O3. The number of hydrogen-bond acceptors (Lipinski definition) is 4. The van der Waals surface area contributed by atoms with Crippen molar-refractivity contribution < 1.29 is 14.3 Å². The fraction of sp³-hybridized carbons (Fsp3) is 0.462. The quantitative estimate of drug-likeness (QED) is 0.833. The van der Waals surface area contributed by atoms with E-state index in [1.165, 1.54) is 0 Å². The van der Waals surface area contributed by atoms with Crippen LogP contribution in [0, 0.1) is 0 Å². The second kappa shape index (κ2) is 6.37. The van der Waals surface area contributed by atoms with Gasteiger partial charge in [0.05, 0.1) is 12.1 Å². The van der Waals surface area contributed by atoms with Gasteiger partial charge in [-0.1, -0.05) is 30.3 Å². The molecule has 1 aromatic carbocycles. The summed E-state index contributed by atoms with van der Waals surface area (Å²) >= 11 is 0. The maximum atomic E-state index is 11.6. The minimum atomic E-state index is -0.408. The van der Waals surface area contributed by atoms with Gasteiger partial charge in [0.25, 0.3) is 0 Å². The van der Waals surface area contributed by atoms with Crippen LogP contribution in [-0.2, 0) is 16.1 Å². The van der Waals surface area contributed by atoms with Gasteiger partial charge < -0.3 is 20.1 Å². The lowest BCUT2D eigenvalue weighted by molar-refractivity contribution is 0.0862. The van der Waals surface area contributed by atoms with Crippen LogP contribution in [0.25, 0.3) is 0 Å². The minimum absolute atomic E-state index is 0.00859. The molecule has 0 radical (unpaired) electrons. The van der Waals surface area contributed by atoms with Crippen molar-refractivity contribution >= 4 is 6.09 Å². The predicted molar refractivity (Wildman–Crippen MR) is 67.2 cm³/mol. The second-order valence-corrected chi connectivity index (χ2v) is 4.24. The molecule has 0 aromatic heterocycles. The van der Waals surface area contributed by atoms with Gasteiger partial charge in [0.15, 0.2) is 0 Å². The first-order chi connectivity index (χ1) is 8.79. The van der Waals surface area contributed by atoms with E-state index in [1.807, 2.05) is 30.3 Å². The number of alkyl carbamates (subject to hydrolysis) is 1. The van der Waals surface area contributed by atoms with E-state index in [2.05, 4.69) is 10.6 Å². The Balaban J connectivity index is 1.75. The summed E-state index contributed by atoms with van der Waals surface area (Å²) in [6, 6.07) is 9.57. The molecule has 5 heteroatoms. The Morgan fingerprint density at radius 3 is 2.89 bits per heavy atom. The third-order valence-electron chi connectivity index (χ3n) is 2.98. The molecule has 0 bridgehead atoms. The summed E-state index contributed by atoms with van der Waals surface area (Å²) in [7, 11) is 1.64. The smallest absolute Gasteiger partial charge is 0.407 e. The molecule has 1 aliphatic heterocycles. The average molecular weight is 250 g/mol. The Morgan fingerprint density at radius 2 is 2.17 bits per heavy atom. The summed E-state index contributed by atoms with van der Waals surface area (Å²) in [5.74, 6) is 0. The fourth-order valence-electron chi connectivity index (χ4n) is 1.96. The number of ether oxygens (including phenoxy) is 2. The van der Waals surface area contributed by atoms with Crippen molar-refractivity contribution in [3.8, 4) is 0 Å². The van der Waals surface area contributed by atoms with Gasteiger partial charge in [-0.2, -0.15) is 0 Å². The molecule has 0 spiro atoms. The summed E-state index contributed by atoms with van der Waals surface area (Å²) in [5, 5.41) is 5.96. The van der Waals surface area contributed by atoms with Crippen molar-refractivity contribution in [2.75, 3.05) is 20.2 Å². The van der Waals surface area contributed by atoms with Crippen molar-refractivity contribution in [3.63, 3.8) is 0 Å². The van der Waals surface area contributed by atoms with Crippen LogP contribution in [-0.4, -0.2) is 38.4 Å². The molecule has 98 valence electrons. The highest BCUT2D eigenvalue weighted by Crippen LogP contribution is 2.05. The largest absolute Gasteiger partial charge is 0.445 e. The molecule has 0 saturated carbocycles. The van der Waals surface area contributed by atoms with Crippen LogP contribution in [0.2, 0.25) is 0 Å². The number of benzene rings is 1. The molecule has 1 fully saturated rings. The number of nitrogens with one attached hydrogen (secondary N) is 2. The van der Waals surface area contributed by atoms with Gasteiger partial charge in [-0.05, 0) is 5.56 Å². The SMILES string of the molecule is COC1CNCC1NC(=O)OCc1ccccc1. The normalized spacial score (nSPS) is 22.7. The fourth-order valence-corrected chi connectivity index (χ4v) is 1.96. The van der Waals surface area contributed by atoms with Crippen LogP contribution in [0.1, 0.15) is 5.56 Å². The third-order valence-corrected chi connectivity index (χ3v) is 2.98. The Hall–Kier alpha value is -1.59. The number of amides is 1. The molecule has 1 aromatic rings. The summed E-state index contributed by atoms with van der Waals surface area (Å²) in [6.07, 6.45) is -0.399. The highest BCUT2D eigenvalue weighted by Gasteiger charge is 2.28. The molecule has 1 saturated heterocycles. The summed E-state index contributed by atoms with van der Waals surface area (Å²) in [4.78, 5) is 11.6. The van der Waals surface area contributed by atoms with Crippen LogP contribution in [0.5, 0.6) is 0 Å². The Kier molecular flexibility index (Phi) is 4.55. The van der Waals surface area contributed by atoms with E-state index in [4.69, 9.17) is 9.47 Å².